The smallest absolute Gasteiger partial charge is 0.312 e. The van der Waals surface area contributed by atoms with Crippen LogP contribution in [0, 0.1) is 0 Å². The quantitative estimate of drug-likeness (QED) is 0.408. The fraction of sp³-hybridized carbons (Fsp3) is 0.833. The summed E-state index contributed by atoms with van der Waals surface area (Å²) < 4.78 is 0. The van der Waals surface area contributed by atoms with Gasteiger partial charge in [0.15, 0.2) is 0 Å². The Bertz CT molecular complexity index is 75.5. The summed E-state index contributed by atoms with van der Waals surface area (Å²) in [6, 6.07) is 0. The molecule has 0 rings (SSSR count). The molecule has 0 unspecified atom stereocenters. The fourth-order valence-electron chi connectivity index (χ4n) is 0.507. The highest BCUT2D eigenvalue weighted by Gasteiger charge is 1.93. The van der Waals surface area contributed by atoms with Crippen molar-refractivity contribution in [2.45, 2.75) is 19.8 Å². The molecule has 0 aromatic carbocycles. The second kappa shape index (κ2) is 5.56. The highest BCUT2D eigenvalue weighted by Crippen LogP contribution is 1.89. The van der Waals surface area contributed by atoms with E-state index in [0.717, 1.165) is 19.4 Å². The molecular formula is C6H13NO2. The van der Waals surface area contributed by atoms with Gasteiger partial charge in [-0.2, -0.15) is 0 Å². The van der Waals surface area contributed by atoms with Crippen LogP contribution in [0.25, 0.3) is 0 Å². The molecule has 0 aliphatic rings. The van der Waals surface area contributed by atoms with E-state index in [-0.39, 0.29) is 0 Å². The highest BCUT2D eigenvalue weighted by atomic mass is 16.7. The molecule has 0 aliphatic carbocycles. The molecule has 9 heavy (non-hydrogen) atoms. The molecule has 0 bridgehead atoms. The predicted octanol–water partition coefficient (Wildman–Crippen LogP) is 0.806. The molecule has 0 amide bonds. The summed E-state index contributed by atoms with van der Waals surface area (Å²) >= 11 is 0. The van der Waals surface area contributed by atoms with Crippen molar-refractivity contribution >= 4 is 6.47 Å². The number of unbranched alkanes of at least 4 members (excludes halogenated alkanes) is 1. The van der Waals surface area contributed by atoms with E-state index in [0.29, 0.717) is 6.47 Å². The molecule has 0 saturated heterocycles. The SMILES string of the molecule is CCCCN(C)OC=O. The zero-order chi connectivity index (χ0) is 7.11. The van der Waals surface area contributed by atoms with E-state index in [1.165, 1.54) is 5.06 Å². The third kappa shape index (κ3) is 5.30. The van der Waals surface area contributed by atoms with Crippen LogP contribution in [0.2, 0.25) is 0 Å². The number of carbonyl (C=O) groups is 1. The third-order valence-electron chi connectivity index (χ3n) is 1.05. The van der Waals surface area contributed by atoms with Gasteiger partial charge in [-0.1, -0.05) is 13.3 Å². The molecule has 3 heteroatoms. The van der Waals surface area contributed by atoms with Crippen LogP contribution in [0.5, 0.6) is 0 Å². The molecular weight excluding hydrogens is 118 g/mol. The van der Waals surface area contributed by atoms with Crippen molar-refractivity contribution in [1.82, 2.24) is 5.06 Å². The first-order valence-electron chi connectivity index (χ1n) is 3.12. The number of rotatable bonds is 5. The van der Waals surface area contributed by atoms with E-state index < -0.39 is 0 Å². The second-order valence-corrected chi connectivity index (χ2v) is 1.91. The first-order chi connectivity index (χ1) is 4.31. The van der Waals surface area contributed by atoms with Gasteiger partial charge >= 0.3 is 6.47 Å². The van der Waals surface area contributed by atoms with Crippen molar-refractivity contribution < 1.29 is 9.63 Å². The zero-order valence-electron chi connectivity index (χ0n) is 5.96. The van der Waals surface area contributed by atoms with Gasteiger partial charge < -0.3 is 4.84 Å². The van der Waals surface area contributed by atoms with Gasteiger partial charge in [-0.3, -0.25) is 4.79 Å². The van der Waals surface area contributed by atoms with Gasteiger partial charge in [-0.25, -0.2) is 0 Å². The standard InChI is InChI=1S/C6H13NO2/c1-3-4-5-7(2)9-6-8/h6H,3-5H2,1-2H3. The minimum absolute atomic E-state index is 0.440. The molecule has 0 spiro atoms. The van der Waals surface area contributed by atoms with Crippen LogP contribution in [-0.4, -0.2) is 25.1 Å². The van der Waals surface area contributed by atoms with Crippen molar-refractivity contribution in [3.05, 3.63) is 0 Å². The van der Waals surface area contributed by atoms with Gasteiger partial charge in [-0.05, 0) is 6.42 Å². The maximum absolute atomic E-state index is 9.71. The molecule has 0 radical (unpaired) electrons. The normalized spacial score (nSPS) is 9.67. The van der Waals surface area contributed by atoms with E-state index in [1.54, 1.807) is 7.05 Å². The Labute approximate surface area is 55.6 Å². The van der Waals surface area contributed by atoms with Crippen molar-refractivity contribution in [1.29, 1.82) is 0 Å². The van der Waals surface area contributed by atoms with E-state index >= 15 is 0 Å². The average Bonchev–Trinajstić information content (AvgIpc) is 1.85. The summed E-state index contributed by atoms with van der Waals surface area (Å²) in [4.78, 5) is 14.2. The van der Waals surface area contributed by atoms with Crippen LogP contribution in [0.1, 0.15) is 19.8 Å². The van der Waals surface area contributed by atoms with Gasteiger partial charge in [-0.15, -0.1) is 5.06 Å². The van der Waals surface area contributed by atoms with Gasteiger partial charge in [0.2, 0.25) is 0 Å². The van der Waals surface area contributed by atoms with Crippen molar-refractivity contribution in [3.63, 3.8) is 0 Å². The lowest BCUT2D eigenvalue weighted by atomic mass is 10.3. The summed E-state index contributed by atoms with van der Waals surface area (Å²) in [6.45, 7) is 3.35. The Balaban J connectivity index is 3.04. The molecule has 0 fully saturated rings. The minimum Gasteiger partial charge on any atom is -0.371 e. The largest absolute Gasteiger partial charge is 0.371 e. The monoisotopic (exact) mass is 131 g/mol. The molecule has 0 atom stereocenters. The van der Waals surface area contributed by atoms with Gasteiger partial charge in [0.25, 0.3) is 0 Å². The van der Waals surface area contributed by atoms with E-state index in [2.05, 4.69) is 11.8 Å². The Morgan fingerprint density at radius 3 is 2.78 bits per heavy atom. The summed E-state index contributed by atoms with van der Waals surface area (Å²) in [5, 5.41) is 1.52. The van der Waals surface area contributed by atoms with E-state index in [1.807, 2.05) is 0 Å². The van der Waals surface area contributed by atoms with Crippen molar-refractivity contribution in [2.24, 2.45) is 0 Å². The third-order valence-corrected chi connectivity index (χ3v) is 1.05. The fourth-order valence-corrected chi connectivity index (χ4v) is 0.507. The molecule has 3 nitrogen and oxygen atoms in total. The Hall–Kier alpha value is -0.570. The van der Waals surface area contributed by atoms with Gasteiger partial charge in [0.1, 0.15) is 0 Å². The van der Waals surface area contributed by atoms with Crippen LogP contribution in [0.15, 0.2) is 0 Å². The number of hydrogen-bond acceptors (Lipinski definition) is 3. The number of hydrogen-bond donors (Lipinski definition) is 0. The summed E-state index contributed by atoms with van der Waals surface area (Å²) in [6.07, 6.45) is 2.18. The molecule has 0 saturated carbocycles. The highest BCUT2D eigenvalue weighted by molar-refractivity contribution is 5.36. The summed E-state index contributed by atoms with van der Waals surface area (Å²) in [5.41, 5.74) is 0. The first-order valence-corrected chi connectivity index (χ1v) is 3.12. The van der Waals surface area contributed by atoms with Crippen LogP contribution in [0.4, 0.5) is 0 Å². The topological polar surface area (TPSA) is 29.5 Å². The summed E-state index contributed by atoms with van der Waals surface area (Å²) in [5.74, 6) is 0. The maximum Gasteiger partial charge on any atom is 0.312 e. The molecule has 0 aromatic rings. The van der Waals surface area contributed by atoms with Crippen LogP contribution >= 0.6 is 0 Å². The molecule has 54 valence electrons. The maximum atomic E-state index is 9.71. The van der Waals surface area contributed by atoms with Gasteiger partial charge in [0, 0.05) is 13.6 Å². The Morgan fingerprint density at radius 1 is 1.67 bits per heavy atom. The number of nitrogens with zero attached hydrogens (tertiary/aromatic N) is 1. The molecule has 0 N–H and O–H groups in total. The van der Waals surface area contributed by atoms with Crippen LogP contribution in [0.3, 0.4) is 0 Å². The van der Waals surface area contributed by atoms with E-state index in [9.17, 15) is 4.79 Å². The zero-order valence-corrected chi connectivity index (χ0v) is 5.96. The first kappa shape index (κ1) is 8.43. The predicted molar refractivity (Wildman–Crippen MR) is 34.7 cm³/mol. The number of carbonyl (C=O) groups excluding carboxylic acids is 1. The Kier molecular flexibility index (Phi) is 5.21. The van der Waals surface area contributed by atoms with E-state index in [4.69, 9.17) is 0 Å². The van der Waals surface area contributed by atoms with Crippen molar-refractivity contribution in [3.8, 4) is 0 Å². The van der Waals surface area contributed by atoms with Crippen LogP contribution < -0.4 is 0 Å². The lowest BCUT2D eigenvalue weighted by molar-refractivity contribution is -0.166. The lowest BCUT2D eigenvalue weighted by Crippen LogP contribution is -2.18. The van der Waals surface area contributed by atoms with Crippen molar-refractivity contribution in [2.75, 3.05) is 13.6 Å². The number of hydroxylamine groups is 2. The average molecular weight is 131 g/mol. The molecule has 0 heterocycles. The minimum atomic E-state index is 0.440. The Morgan fingerprint density at radius 2 is 2.33 bits per heavy atom. The van der Waals surface area contributed by atoms with Crippen LogP contribution in [-0.2, 0) is 9.63 Å². The lowest BCUT2D eigenvalue weighted by Gasteiger charge is -2.10. The molecule has 0 aromatic heterocycles. The second-order valence-electron chi connectivity index (χ2n) is 1.91. The van der Waals surface area contributed by atoms with Gasteiger partial charge in [0.05, 0.1) is 0 Å². The summed E-state index contributed by atoms with van der Waals surface area (Å²) in [7, 11) is 1.74. The molecule has 0 aliphatic heterocycles.